The molecule has 0 aliphatic rings. The van der Waals surface area contributed by atoms with E-state index < -0.39 is 11.7 Å². The molecule has 4 rings (SSSR count). The summed E-state index contributed by atoms with van der Waals surface area (Å²) in [6.07, 6.45) is 1.40. The zero-order valence-electron chi connectivity index (χ0n) is 18.7. The highest BCUT2D eigenvalue weighted by atomic mass is 79.9. The van der Waals surface area contributed by atoms with Gasteiger partial charge in [0.1, 0.15) is 24.1 Å². The van der Waals surface area contributed by atoms with Crippen molar-refractivity contribution in [3.63, 3.8) is 0 Å². The summed E-state index contributed by atoms with van der Waals surface area (Å²) in [7, 11) is 1.51. The largest absolute Gasteiger partial charge is 0.493 e. The molecule has 0 unspecified atom stereocenters. The average Bonchev–Trinajstić information content (AvgIpc) is 2.87. The first-order chi connectivity index (χ1) is 17.0. The number of carbonyl (C=O) groups excluding carboxylic acids is 1. The van der Waals surface area contributed by atoms with Crippen molar-refractivity contribution in [2.75, 3.05) is 12.4 Å². The van der Waals surface area contributed by atoms with Crippen molar-refractivity contribution in [3.8, 4) is 17.6 Å². The molecule has 1 amide bonds. The maximum Gasteiger partial charge on any atom is 0.266 e. The number of nitrogens with one attached hydrogen (secondary N) is 1. The van der Waals surface area contributed by atoms with Gasteiger partial charge in [0.15, 0.2) is 11.5 Å². The number of fused-ring (bicyclic) bond motifs is 1. The molecule has 35 heavy (non-hydrogen) atoms. The molecule has 0 saturated carbocycles. The van der Waals surface area contributed by atoms with E-state index in [9.17, 15) is 14.4 Å². The third-order valence-corrected chi connectivity index (χ3v) is 5.89. The predicted molar refractivity (Wildman–Crippen MR) is 138 cm³/mol. The number of ether oxygens (including phenoxy) is 2. The second-order valence-electron chi connectivity index (χ2n) is 7.56. The first-order valence-corrected chi connectivity index (χ1v) is 11.4. The summed E-state index contributed by atoms with van der Waals surface area (Å²) in [5.74, 6) is -0.385. The van der Waals surface area contributed by atoms with Gasteiger partial charge in [0, 0.05) is 0 Å². The Kier molecular flexibility index (Phi) is 7.44. The number of anilines is 1. The van der Waals surface area contributed by atoms with E-state index in [1.807, 2.05) is 48.5 Å². The Balaban J connectivity index is 1.58. The fourth-order valence-corrected chi connectivity index (χ4v) is 4.17. The molecular formula is C28H20BrFN2O3. The molecular weight excluding hydrogens is 511 g/mol. The second kappa shape index (κ2) is 10.9. The quantitative estimate of drug-likeness (QED) is 0.209. The second-order valence-corrected chi connectivity index (χ2v) is 8.42. The van der Waals surface area contributed by atoms with Crippen LogP contribution in [0.2, 0.25) is 0 Å². The van der Waals surface area contributed by atoms with E-state index in [-0.39, 0.29) is 11.3 Å². The number of hydrogen-bond donors (Lipinski definition) is 1. The van der Waals surface area contributed by atoms with E-state index in [0.717, 1.165) is 16.3 Å². The Morgan fingerprint density at radius 2 is 1.83 bits per heavy atom. The molecule has 0 aliphatic heterocycles. The van der Waals surface area contributed by atoms with Gasteiger partial charge in [-0.3, -0.25) is 4.79 Å². The smallest absolute Gasteiger partial charge is 0.266 e. The van der Waals surface area contributed by atoms with E-state index in [0.29, 0.717) is 28.1 Å². The predicted octanol–water partition coefficient (Wildman–Crippen LogP) is 6.87. The molecule has 0 fully saturated rings. The van der Waals surface area contributed by atoms with Crippen LogP contribution in [0.15, 0.2) is 88.9 Å². The molecule has 4 aromatic rings. The lowest BCUT2D eigenvalue weighted by molar-refractivity contribution is -0.112. The molecule has 5 nitrogen and oxygen atoms in total. The maximum atomic E-state index is 13.9. The molecule has 0 aromatic heterocycles. The normalized spacial score (nSPS) is 11.1. The van der Waals surface area contributed by atoms with Crippen LogP contribution in [-0.2, 0) is 11.4 Å². The summed E-state index contributed by atoms with van der Waals surface area (Å²) >= 11 is 3.51. The maximum absolute atomic E-state index is 13.9. The molecule has 174 valence electrons. The molecule has 1 N–H and O–H groups in total. The fourth-order valence-electron chi connectivity index (χ4n) is 3.60. The van der Waals surface area contributed by atoms with Gasteiger partial charge >= 0.3 is 0 Å². The van der Waals surface area contributed by atoms with Crippen LogP contribution in [-0.4, -0.2) is 13.0 Å². The highest BCUT2D eigenvalue weighted by Crippen LogP contribution is 2.38. The van der Waals surface area contributed by atoms with E-state index >= 15 is 0 Å². The van der Waals surface area contributed by atoms with E-state index in [1.165, 1.54) is 31.4 Å². The van der Waals surface area contributed by atoms with Gasteiger partial charge in [0.2, 0.25) is 0 Å². The molecule has 0 radical (unpaired) electrons. The van der Waals surface area contributed by atoms with Crippen LogP contribution >= 0.6 is 15.9 Å². The SMILES string of the molecule is COc1cc(/C=C(\C#N)C(=O)Nc2ccccc2F)cc(Br)c1OCc1cccc2ccccc12. The van der Waals surface area contributed by atoms with Gasteiger partial charge in [-0.25, -0.2) is 4.39 Å². The molecule has 7 heteroatoms. The summed E-state index contributed by atoms with van der Waals surface area (Å²) < 4.78 is 26.1. The molecule has 0 saturated heterocycles. The van der Waals surface area contributed by atoms with Gasteiger partial charge in [-0.05, 0) is 68.2 Å². The van der Waals surface area contributed by atoms with Crippen LogP contribution in [0.1, 0.15) is 11.1 Å². The van der Waals surface area contributed by atoms with Crippen molar-refractivity contribution in [1.29, 1.82) is 5.26 Å². The lowest BCUT2D eigenvalue weighted by atomic mass is 10.1. The van der Waals surface area contributed by atoms with E-state index in [4.69, 9.17) is 9.47 Å². The van der Waals surface area contributed by atoms with Gasteiger partial charge in [0.25, 0.3) is 5.91 Å². The number of methoxy groups -OCH3 is 1. The number of nitriles is 1. The number of amides is 1. The van der Waals surface area contributed by atoms with Gasteiger partial charge in [-0.1, -0.05) is 54.6 Å². The topological polar surface area (TPSA) is 71.3 Å². The Bertz CT molecular complexity index is 1470. The van der Waals surface area contributed by atoms with Crippen molar-refractivity contribution in [1.82, 2.24) is 0 Å². The van der Waals surface area contributed by atoms with Crippen molar-refractivity contribution in [3.05, 3.63) is 106 Å². The van der Waals surface area contributed by atoms with Gasteiger partial charge in [-0.2, -0.15) is 5.26 Å². The highest BCUT2D eigenvalue weighted by molar-refractivity contribution is 9.10. The summed E-state index contributed by atoms with van der Waals surface area (Å²) in [6, 6.07) is 25.1. The summed E-state index contributed by atoms with van der Waals surface area (Å²) in [6.45, 7) is 0.319. The first-order valence-electron chi connectivity index (χ1n) is 10.6. The standard InChI is InChI=1S/C28H20BrFN2O3/c1-34-26-15-18(13-21(16-31)28(33)32-25-12-5-4-11-24(25)30)14-23(29)27(26)35-17-20-9-6-8-19-7-2-3-10-22(19)20/h2-15H,17H2,1H3,(H,32,33)/b21-13+. The van der Waals surface area contributed by atoms with Crippen molar-refractivity contribution in [2.24, 2.45) is 0 Å². The van der Waals surface area contributed by atoms with Crippen molar-refractivity contribution in [2.45, 2.75) is 6.61 Å². The Labute approximate surface area is 210 Å². The number of hydrogen-bond acceptors (Lipinski definition) is 4. The minimum Gasteiger partial charge on any atom is -0.493 e. The number of benzene rings is 4. The van der Waals surface area contributed by atoms with Gasteiger partial charge in [0.05, 0.1) is 17.3 Å². The van der Waals surface area contributed by atoms with Crippen LogP contribution in [0.4, 0.5) is 10.1 Å². The lowest BCUT2D eigenvalue weighted by Crippen LogP contribution is -2.14. The van der Waals surface area contributed by atoms with E-state index in [2.05, 4.69) is 21.2 Å². The summed E-state index contributed by atoms with van der Waals surface area (Å²) in [5, 5.41) is 14.2. The molecule has 0 bridgehead atoms. The van der Waals surface area contributed by atoms with Crippen LogP contribution in [0.25, 0.3) is 16.8 Å². The molecule has 4 aromatic carbocycles. The molecule has 0 spiro atoms. The van der Waals surface area contributed by atoms with Crippen molar-refractivity contribution < 1.29 is 18.7 Å². The van der Waals surface area contributed by atoms with Crippen LogP contribution in [0.3, 0.4) is 0 Å². The number of rotatable bonds is 7. The average molecular weight is 531 g/mol. The molecule has 0 aliphatic carbocycles. The Morgan fingerprint density at radius 3 is 2.60 bits per heavy atom. The number of carbonyl (C=O) groups is 1. The van der Waals surface area contributed by atoms with Gasteiger partial charge < -0.3 is 14.8 Å². The summed E-state index contributed by atoms with van der Waals surface area (Å²) in [5.41, 5.74) is 1.37. The lowest BCUT2D eigenvalue weighted by Gasteiger charge is -2.15. The zero-order valence-corrected chi connectivity index (χ0v) is 20.3. The zero-order chi connectivity index (χ0) is 24.8. The van der Waals surface area contributed by atoms with Gasteiger partial charge in [-0.15, -0.1) is 0 Å². The third-order valence-electron chi connectivity index (χ3n) is 5.30. The van der Waals surface area contributed by atoms with Crippen LogP contribution in [0.5, 0.6) is 11.5 Å². The van der Waals surface area contributed by atoms with E-state index in [1.54, 1.807) is 18.2 Å². The summed E-state index contributed by atoms with van der Waals surface area (Å²) in [4.78, 5) is 12.5. The Morgan fingerprint density at radius 1 is 1.09 bits per heavy atom. The number of para-hydroxylation sites is 1. The fraction of sp³-hybridized carbons (Fsp3) is 0.0714. The monoisotopic (exact) mass is 530 g/mol. The third kappa shape index (κ3) is 5.51. The Hall–Kier alpha value is -4.15. The number of nitrogens with zero attached hydrogens (tertiary/aromatic N) is 1. The van der Waals surface area contributed by atoms with Crippen molar-refractivity contribution >= 4 is 44.4 Å². The molecule has 0 atom stereocenters. The highest BCUT2D eigenvalue weighted by Gasteiger charge is 2.15. The first kappa shape index (κ1) is 24.0. The minimum atomic E-state index is -0.719. The minimum absolute atomic E-state index is 0.00500. The number of halogens is 2. The molecule has 0 heterocycles. The van der Waals surface area contributed by atoms with Crippen LogP contribution < -0.4 is 14.8 Å². The van der Waals surface area contributed by atoms with Crippen LogP contribution in [0, 0.1) is 17.1 Å².